The highest BCUT2D eigenvalue weighted by Gasteiger charge is 2.27. The Balaban J connectivity index is 1.87. The molecule has 18 heavy (non-hydrogen) atoms. The van der Waals surface area contributed by atoms with Gasteiger partial charge < -0.3 is 15.4 Å². The number of anilines is 2. The van der Waals surface area contributed by atoms with Crippen molar-refractivity contribution < 1.29 is 17.9 Å². The molecule has 0 saturated carbocycles. The largest absolute Gasteiger partial charge is 0.411 e. The number of hydrogen-bond donors (Lipinski definition) is 1. The van der Waals surface area contributed by atoms with E-state index in [4.69, 9.17) is 5.73 Å². The third-order valence-electron chi connectivity index (χ3n) is 2.89. The van der Waals surface area contributed by atoms with Crippen molar-refractivity contribution in [3.8, 4) is 0 Å². The van der Waals surface area contributed by atoms with E-state index in [0.717, 1.165) is 24.2 Å². The molecular formula is C12H15F3N2O. The van der Waals surface area contributed by atoms with Crippen LogP contribution in [0.2, 0.25) is 0 Å². The van der Waals surface area contributed by atoms with Gasteiger partial charge in [-0.2, -0.15) is 13.2 Å². The fraction of sp³-hybridized carbons (Fsp3) is 0.500. The maximum Gasteiger partial charge on any atom is 0.411 e. The first-order valence-electron chi connectivity index (χ1n) is 5.74. The van der Waals surface area contributed by atoms with E-state index in [0.29, 0.717) is 12.2 Å². The number of para-hydroxylation sites is 1. The van der Waals surface area contributed by atoms with Gasteiger partial charge in [0.1, 0.15) is 6.61 Å². The molecule has 1 aliphatic heterocycles. The summed E-state index contributed by atoms with van der Waals surface area (Å²) >= 11 is 0. The van der Waals surface area contributed by atoms with Crippen LogP contribution >= 0.6 is 0 Å². The van der Waals surface area contributed by atoms with Crippen LogP contribution in [0.5, 0.6) is 0 Å². The average molecular weight is 260 g/mol. The number of nitrogen functional groups attached to an aromatic ring is 1. The maximum absolute atomic E-state index is 11.9. The molecule has 2 N–H and O–H groups in total. The lowest BCUT2D eigenvalue weighted by molar-refractivity contribution is -0.173. The molecule has 0 spiro atoms. The zero-order chi connectivity index (χ0) is 13.2. The van der Waals surface area contributed by atoms with E-state index in [-0.39, 0.29) is 6.61 Å². The lowest BCUT2D eigenvalue weighted by atomic mass is 10.1. The van der Waals surface area contributed by atoms with E-state index < -0.39 is 12.8 Å². The Bertz CT molecular complexity index is 420. The molecule has 6 heteroatoms. The Labute approximate surface area is 103 Å². The van der Waals surface area contributed by atoms with E-state index in [9.17, 15) is 13.2 Å². The third kappa shape index (κ3) is 3.07. The molecule has 1 aromatic carbocycles. The normalized spacial score (nSPS) is 14.9. The van der Waals surface area contributed by atoms with Crippen molar-refractivity contribution in [1.29, 1.82) is 0 Å². The second-order valence-electron chi connectivity index (χ2n) is 4.26. The van der Waals surface area contributed by atoms with Crippen LogP contribution in [0.3, 0.4) is 0 Å². The second kappa shape index (κ2) is 5.06. The fourth-order valence-corrected chi connectivity index (χ4v) is 2.15. The number of rotatable bonds is 4. The van der Waals surface area contributed by atoms with Gasteiger partial charge in [0.2, 0.25) is 0 Å². The van der Waals surface area contributed by atoms with Crippen molar-refractivity contribution in [3.05, 3.63) is 23.8 Å². The van der Waals surface area contributed by atoms with Crippen molar-refractivity contribution in [3.63, 3.8) is 0 Å². The highest BCUT2D eigenvalue weighted by molar-refractivity contribution is 5.74. The molecule has 0 bridgehead atoms. The van der Waals surface area contributed by atoms with Crippen LogP contribution in [0.25, 0.3) is 0 Å². The summed E-state index contributed by atoms with van der Waals surface area (Å²) in [5, 5.41) is 0. The van der Waals surface area contributed by atoms with Crippen molar-refractivity contribution in [2.24, 2.45) is 0 Å². The van der Waals surface area contributed by atoms with Crippen molar-refractivity contribution in [2.75, 3.05) is 36.9 Å². The summed E-state index contributed by atoms with van der Waals surface area (Å²) in [5.41, 5.74) is 8.62. The third-order valence-corrected chi connectivity index (χ3v) is 2.89. The number of alkyl halides is 3. The minimum atomic E-state index is -4.26. The molecule has 1 aliphatic rings. The van der Waals surface area contributed by atoms with Crippen LogP contribution in [0, 0.1) is 0 Å². The Kier molecular flexibility index (Phi) is 3.65. The quantitative estimate of drug-likeness (QED) is 0.666. The van der Waals surface area contributed by atoms with E-state index in [1.165, 1.54) is 0 Å². The monoisotopic (exact) mass is 260 g/mol. The summed E-state index contributed by atoms with van der Waals surface area (Å²) in [7, 11) is 0. The predicted molar refractivity (Wildman–Crippen MR) is 63.6 cm³/mol. The molecule has 0 unspecified atom stereocenters. The number of nitrogens with two attached hydrogens (primary N) is 1. The van der Waals surface area contributed by atoms with E-state index in [1.54, 1.807) is 6.07 Å². The number of halogens is 3. The molecule has 3 nitrogen and oxygen atoms in total. The van der Waals surface area contributed by atoms with Gasteiger partial charge in [0.15, 0.2) is 0 Å². The zero-order valence-electron chi connectivity index (χ0n) is 9.83. The molecule has 0 aromatic heterocycles. The van der Waals surface area contributed by atoms with Crippen LogP contribution in [-0.2, 0) is 11.2 Å². The topological polar surface area (TPSA) is 38.5 Å². The van der Waals surface area contributed by atoms with E-state index >= 15 is 0 Å². The highest BCUT2D eigenvalue weighted by Crippen LogP contribution is 2.33. The molecule has 0 amide bonds. The average Bonchev–Trinajstić information content (AvgIpc) is 2.68. The van der Waals surface area contributed by atoms with Gasteiger partial charge in [0.25, 0.3) is 0 Å². The van der Waals surface area contributed by atoms with Crippen LogP contribution in [0.1, 0.15) is 5.56 Å². The lowest BCUT2D eigenvalue weighted by Gasteiger charge is -2.21. The van der Waals surface area contributed by atoms with Gasteiger partial charge in [0, 0.05) is 13.1 Å². The summed E-state index contributed by atoms with van der Waals surface area (Å²) in [4.78, 5) is 1.97. The molecule has 1 heterocycles. The van der Waals surface area contributed by atoms with Crippen molar-refractivity contribution in [2.45, 2.75) is 12.6 Å². The molecule has 0 atom stereocenters. The van der Waals surface area contributed by atoms with Gasteiger partial charge in [-0.05, 0) is 18.1 Å². The van der Waals surface area contributed by atoms with Gasteiger partial charge in [-0.1, -0.05) is 12.1 Å². The first-order chi connectivity index (χ1) is 8.47. The minimum Gasteiger partial charge on any atom is -0.397 e. The smallest absolute Gasteiger partial charge is 0.397 e. The van der Waals surface area contributed by atoms with Crippen LogP contribution in [0.4, 0.5) is 24.5 Å². The lowest BCUT2D eigenvalue weighted by Crippen LogP contribution is -2.28. The number of ether oxygens (including phenoxy) is 1. The zero-order valence-corrected chi connectivity index (χ0v) is 9.83. The van der Waals surface area contributed by atoms with Crippen LogP contribution < -0.4 is 10.6 Å². The highest BCUT2D eigenvalue weighted by atomic mass is 19.4. The predicted octanol–water partition coefficient (Wildman–Crippen LogP) is 2.21. The minimum absolute atomic E-state index is 0.0489. The summed E-state index contributed by atoms with van der Waals surface area (Å²) < 4.78 is 40.3. The standard InChI is InChI=1S/C12H15F3N2O/c13-12(14,15)8-18-7-6-17-5-4-9-2-1-3-10(16)11(9)17/h1-3H,4-8,16H2. The molecule has 100 valence electrons. The molecule has 0 saturated heterocycles. The first-order valence-corrected chi connectivity index (χ1v) is 5.74. The molecule has 0 fully saturated rings. The summed E-state index contributed by atoms with van der Waals surface area (Å²) in [6.07, 6.45) is -3.39. The van der Waals surface area contributed by atoms with Crippen LogP contribution in [-0.4, -0.2) is 32.5 Å². The maximum atomic E-state index is 11.9. The summed E-state index contributed by atoms with van der Waals surface area (Å²) in [6.45, 7) is 0.0570. The summed E-state index contributed by atoms with van der Waals surface area (Å²) in [5.74, 6) is 0. The SMILES string of the molecule is Nc1cccc2c1N(CCOCC(F)(F)F)CC2. The number of hydrogen-bond acceptors (Lipinski definition) is 3. The number of fused-ring (bicyclic) bond motifs is 1. The summed E-state index contributed by atoms with van der Waals surface area (Å²) in [6, 6.07) is 5.67. The number of benzene rings is 1. The van der Waals surface area contributed by atoms with Crippen LogP contribution in [0.15, 0.2) is 18.2 Å². The Morgan fingerprint density at radius 1 is 1.33 bits per heavy atom. The molecule has 2 rings (SSSR count). The Morgan fingerprint density at radius 2 is 2.11 bits per heavy atom. The van der Waals surface area contributed by atoms with Gasteiger partial charge >= 0.3 is 6.18 Å². The van der Waals surface area contributed by atoms with Gasteiger partial charge in [-0.25, -0.2) is 0 Å². The molecular weight excluding hydrogens is 245 g/mol. The van der Waals surface area contributed by atoms with Crippen molar-refractivity contribution in [1.82, 2.24) is 0 Å². The van der Waals surface area contributed by atoms with Gasteiger partial charge in [0.05, 0.1) is 18.0 Å². The fourth-order valence-electron chi connectivity index (χ4n) is 2.15. The van der Waals surface area contributed by atoms with E-state index in [2.05, 4.69) is 4.74 Å². The molecule has 1 aromatic rings. The van der Waals surface area contributed by atoms with E-state index in [1.807, 2.05) is 17.0 Å². The van der Waals surface area contributed by atoms with Gasteiger partial charge in [-0.15, -0.1) is 0 Å². The Morgan fingerprint density at radius 3 is 2.83 bits per heavy atom. The second-order valence-corrected chi connectivity index (χ2v) is 4.26. The first kappa shape index (κ1) is 13.0. The molecule has 0 aliphatic carbocycles. The van der Waals surface area contributed by atoms with Gasteiger partial charge in [-0.3, -0.25) is 0 Å². The van der Waals surface area contributed by atoms with Crippen molar-refractivity contribution >= 4 is 11.4 Å². The number of nitrogens with zero attached hydrogens (tertiary/aromatic N) is 1. The molecule has 0 radical (unpaired) electrons. The Hall–Kier alpha value is -1.43.